The first-order chi connectivity index (χ1) is 5.13. The molecule has 0 saturated heterocycles. The molecule has 0 aliphatic rings. The van der Waals surface area contributed by atoms with Crippen LogP contribution in [0.3, 0.4) is 0 Å². The van der Waals surface area contributed by atoms with E-state index in [9.17, 15) is 10.1 Å². The third kappa shape index (κ3) is 1.29. The number of anilines is 1. The number of nitrogens with zero attached hydrogens (tertiary/aromatic N) is 1. The second-order valence-corrected chi connectivity index (χ2v) is 2.10. The van der Waals surface area contributed by atoms with E-state index >= 15 is 0 Å². The first-order valence-corrected chi connectivity index (χ1v) is 2.98. The van der Waals surface area contributed by atoms with E-state index in [1.165, 1.54) is 12.1 Å². The molecule has 0 heterocycles. The van der Waals surface area contributed by atoms with Gasteiger partial charge >= 0.3 is 0 Å². The first kappa shape index (κ1) is 7.53. The lowest BCUT2D eigenvalue weighted by Crippen LogP contribution is -1.95. The summed E-state index contributed by atoms with van der Waals surface area (Å²) in [6.45, 7) is 3.47. The fourth-order valence-corrected chi connectivity index (χ4v) is 0.763. The summed E-state index contributed by atoms with van der Waals surface area (Å²) in [5, 5.41) is 10.3. The van der Waals surface area contributed by atoms with Crippen LogP contribution in [0.2, 0.25) is 0 Å². The summed E-state index contributed by atoms with van der Waals surface area (Å²) in [6, 6.07) is 4.48. The van der Waals surface area contributed by atoms with Crippen molar-refractivity contribution in [1.29, 1.82) is 0 Å². The molecule has 2 N–H and O–H groups in total. The van der Waals surface area contributed by atoms with E-state index in [1.807, 2.05) is 0 Å². The van der Waals surface area contributed by atoms with Gasteiger partial charge in [0.1, 0.15) is 0 Å². The molecule has 0 fully saturated rings. The van der Waals surface area contributed by atoms with E-state index < -0.39 is 4.92 Å². The predicted octanol–water partition coefficient (Wildman–Crippen LogP) is 1.36. The van der Waals surface area contributed by atoms with Gasteiger partial charge in [-0.15, -0.1) is 0 Å². The van der Waals surface area contributed by atoms with Gasteiger partial charge in [-0.3, -0.25) is 10.1 Å². The molecule has 11 heavy (non-hydrogen) atoms. The van der Waals surface area contributed by atoms with Crippen molar-refractivity contribution in [2.24, 2.45) is 0 Å². The van der Waals surface area contributed by atoms with Crippen LogP contribution in [-0.2, 0) is 0 Å². The second kappa shape index (κ2) is 2.57. The molecule has 0 atom stereocenters. The molecule has 1 aromatic rings. The highest BCUT2D eigenvalue weighted by Crippen LogP contribution is 2.21. The zero-order valence-corrected chi connectivity index (χ0v) is 5.78. The monoisotopic (exact) mass is 151 g/mol. The number of nitrogens with two attached hydrogens (primary N) is 1. The number of nitro benzene ring substituents is 1. The summed E-state index contributed by atoms with van der Waals surface area (Å²) in [7, 11) is 0. The average Bonchev–Trinajstić information content (AvgIpc) is 1.94. The van der Waals surface area contributed by atoms with Gasteiger partial charge in [-0.2, -0.15) is 0 Å². The minimum absolute atomic E-state index is 0.0370. The van der Waals surface area contributed by atoms with Crippen molar-refractivity contribution in [3.8, 4) is 0 Å². The maximum Gasteiger partial charge on any atom is 0.274 e. The van der Waals surface area contributed by atoms with Crippen molar-refractivity contribution >= 4 is 11.4 Å². The Labute approximate surface area is 63.8 Å². The van der Waals surface area contributed by atoms with Crippen molar-refractivity contribution < 1.29 is 4.92 Å². The molecule has 4 heteroatoms. The van der Waals surface area contributed by atoms with Crippen LogP contribution in [0, 0.1) is 17.0 Å². The molecule has 0 saturated carbocycles. The van der Waals surface area contributed by atoms with Gasteiger partial charge in [0.25, 0.3) is 5.69 Å². The molecular formula is C7H7N2O2. The number of nitrogen functional groups attached to an aromatic ring is 1. The van der Waals surface area contributed by atoms with Crippen LogP contribution in [0.4, 0.5) is 11.4 Å². The third-order valence-electron chi connectivity index (χ3n) is 1.38. The van der Waals surface area contributed by atoms with Gasteiger partial charge in [0.15, 0.2) is 0 Å². The van der Waals surface area contributed by atoms with Crippen LogP contribution in [0.1, 0.15) is 5.56 Å². The fourth-order valence-electron chi connectivity index (χ4n) is 0.763. The van der Waals surface area contributed by atoms with Crippen molar-refractivity contribution in [2.75, 3.05) is 5.73 Å². The standard InChI is InChI=1S/C7H7N2O2/c1-5-6(8)3-2-4-7(5)9(10)11/h2-4H,1,8H2. The fraction of sp³-hybridized carbons (Fsp3) is 0. The Morgan fingerprint density at radius 2 is 2.18 bits per heavy atom. The molecule has 1 rings (SSSR count). The Hall–Kier alpha value is -1.58. The summed E-state index contributed by atoms with van der Waals surface area (Å²) in [4.78, 5) is 9.78. The maximum absolute atomic E-state index is 10.3. The molecule has 0 amide bonds. The number of benzene rings is 1. The van der Waals surface area contributed by atoms with Crippen LogP contribution >= 0.6 is 0 Å². The largest absolute Gasteiger partial charge is 0.398 e. The second-order valence-electron chi connectivity index (χ2n) is 2.10. The van der Waals surface area contributed by atoms with Crippen LogP contribution < -0.4 is 5.73 Å². The van der Waals surface area contributed by atoms with Gasteiger partial charge in [-0.25, -0.2) is 0 Å². The van der Waals surface area contributed by atoms with Crippen LogP contribution in [-0.4, -0.2) is 4.92 Å². The summed E-state index contributed by atoms with van der Waals surface area (Å²) in [5.74, 6) is 0. The highest BCUT2D eigenvalue weighted by atomic mass is 16.6. The molecule has 4 nitrogen and oxygen atoms in total. The quantitative estimate of drug-likeness (QED) is 0.374. The molecule has 57 valence electrons. The van der Waals surface area contributed by atoms with Crippen molar-refractivity contribution in [3.63, 3.8) is 0 Å². The number of hydrogen-bond acceptors (Lipinski definition) is 3. The SMILES string of the molecule is [CH2]c1c(N)cccc1[N+](=O)[O-]. The van der Waals surface area contributed by atoms with Gasteiger partial charge < -0.3 is 5.73 Å². The van der Waals surface area contributed by atoms with Gasteiger partial charge in [-0.1, -0.05) is 6.07 Å². The lowest BCUT2D eigenvalue weighted by atomic mass is 10.2. The lowest BCUT2D eigenvalue weighted by Gasteiger charge is -1.98. The summed E-state index contributed by atoms with van der Waals surface area (Å²) < 4.78 is 0. The first-order valence-electron chi connectivity index (χ1n) is 2.98. The van der Waals surface area contributed by atoms with Crippen molar-refractivity contribution in [1.82, 2.24) is 0 Å². The molecule has 0 aliphatic carbocycles. The lowest BCUT2D eigenvalue weighted by molar-refractivity contribution is -0.385. The normalized spacial score (nSPS) is 9.55. The Morgan fingerprint density at radius 3 is 2.64 bits per heavy atom. The highest BCUT2D eigenvalue weighted by Gasteiger charge is 2.10. The Bertz CT molecular complexity index is 296. The average molecular weight is 151 g/mol. The molecule has 0 unspecified atom stereocenters. The topological polar surface area (TPSA) is 69.2 Å². The van der Waals surface area contributed by atoms with E-state index in [4.69, 9.17) is 5.73 Å². The van der Waals surface area contributed by atoms with E-state index in [0.29, 0.717) is 5.69 Å². The zero-order valence-electron chi connectivity index (χ0n) is 5.78. The van der Waals surface area contributed by atoms with E-state index in [2.05, 4.69) is 6.92 Å². The molecule has 0 aromatic heterocycles. The van der Waals surface area contributed by atoms with Crippen molar-refractivity contribution in [2.45, 2.75) is 0 Å². The number of hydrogen-bond donors (Lipinski definition) is 1. The molecule has 0 bridgehead atoms. The minimum atomic E-state index is -0.501. The molecule has 1 radical (unpaired) electrons. The van der Waals surface area contributed by atoms with Crippen LogP contribution in [0.5, 0.6) is 0 Å². The summed E-state index contributed by atoms with van der Waals surface area (Å²) >= 11 is 0. The van der Waals surface area contributed by atoms with Gasteiger partial charge in [0.2, 0.25) is 0 Å². The molecular weight excluding hydrogens is 144 g/mol. The zero-order chi connectivity index (χ0) is 8.43. The van der Waals surface area contributed by atoms with Crippen LogP contribution in [0.15, 0.2) is 18.2 Å². The van der Waals surface area contributed by atoms with Crippen LogP contribution in [0.25, 0.3) is 0 Å². The van der Waals surface area contributed by atoms with Gasteiger partial charge in [0.05, 0.1) is 10.5 Å². The van der Waals surface area contributed by atoms with E-state index in [1.54, 1.807) is 6.07 Å². The smallest absolute Gasteiger partial charge is 0.274 e. The number of nitro groups is 1. The Balaban J connectivity index is 3.27. The van der Waals surface area contributed by atoms with Gasteiger partial charge in [-0.05, 0) is 13.0 Å². The predicted molar refractivity (Wildman–Crippen MR) is 42.0 cm³/mol. The minimum Gasteiger partial charge on any atom is -0.398 e. The van der Waals surface area contributed by atoms with Gasteiger partial charge in [0, 0.05) is 11.8 Å². The number of rotatable bonds is 1. The molecule has 0 spiro atoms. The van der Waals surface area contributed by atoms with E-state index in [0.717, 1.165) is 0 Å². The van der Waals surface area contributed by atoms with E-state index in [-0.39, 0.29) is 11.3 Å². The summed E-state index contributed by atoms with van der Waals surface area (Å²) in [5.41, 5.74) is 5.98. The molecule has 0 aliphatic heterocycles. The van der Waals surface area contributed by atoms with Crippen molar-refractivity contribution in [3.05, 3.63) is 40.8 Å². The Morgan fingerprint density at radius 1 is 1.55 bits per heavy atom. The third-order valence-corrected chi connectivity index (χ3v) is 1.38. The maximum atomic E-state index is 10.3. The summed E-state index contributed by atoms with van der Waals surface area (Å²) in [6.07, 6.45) is 0. The molecule has 1 aromatic carbocycles. The highest BCUT2D eigenvalue weighted by molar-refractivity contribution is 5.59. The Kier molecular flexibility index (Phi) is 1.76.